The van der Waals surface area contributed by atoms with E-state index in [1.807, 2.05) is 0 Å². The number of nitrogens with one attached hydrogen (secondary N) is 1. The molecule has 0 atom stereocenters. The van der Waals surface area contributed by atoms with Crippen LogP contribution in [0.2, 0.25) is 0 Å². The summed E-state index contributed by atoms with van der Waals surface area (Å²) in [6.45, 7) is 10.0. The molecule has 0 spiro atoms. The highest BCUT2D eigenvalue weighted by Gasteiger charge is 2.19. The molecule has 1 N–H and O–H groups in total. The number of nitrogens with zero attached hydrogens (tertiary/aromatic N) is 2. The number of hydrogen-bond donors (Lipinski definition) is 1. The molecular weight excluding hydrogens is 266 g/mol. The number of amides is 1. The fourth-order valence-electron chi connectivity index (χ4n) is 2.90. The minimum atomic E-state index is 0.160. The van der Waals surface area contributed by atoms with Gasteiger partial charge in [0.25, 0.3) is 0 Å². The van der Waals surface area contributed by atoms with Crippen LogP contribution in [-0.2, 0) is 9.53 Å². The summed E-state index contributed by atoms with van der Waals surface area (Å²) < 4.78 is 5.29. The number of likely N-dealkylation sites (tertiary alicyclic amines) is 1. The predicted octanol–water partition coefficient (Wildman–Crippen LogP) is 0.723. The fraction of sp³-hybridized carbons (Fsp3) is 0.812. The van der Waals surface area contributed by atoms with Crippen molar-refractivity contribution in [2.75, 3.05) is 59.0 Å². The second-order valence-corrected chi connectivity index (χ2v) is 6.01. The van der Waals surface area contributed by atoms with Crippen LogP contribution < -0.4 is 5.32 Å². The zero-order valence-electron chi connectivity index (χ0n) is 13.2. The van der Waals surface area contributed by atoms with E-state index in [0.717, 1.165) is 52.5 Å². The van der Waals surface area contributed by atoms with E-state index in [-0.39, 0.29) is 5.91 Å². The van der Waals surface area contributed by atoms with Gasteiger partial charge in [-0.1, -0.05) is 12.2 Å². The summed E-state index contributed by atoms with van der Waals surface area (Å²) in [4.78, 5) is 16.6. The van der Waals surface area contributed by atoms with E-state index in [9.17, 15) is 4.79 Å². The lowest BCUT2D eigenvalue weighted by molar-refractivity contribution is -0.123. The molecule has 2 aliphatic rings. The van der Waals surface area contributed by atoms with E-state index < -0.39 is 0 Å². The molecule has 0 aromatic rings. The van der Waals surface area contributed by atoms with Crippen molar-refractivity contribution in [3.63, 3.8) is 0 Å². The number of carbonyl (C=O) groups excluding carboxylic acids is 1. The minimum absolute atomic E-state index is 0.160. The van der Waals surface area contributed by atoms with Gasteiger partial charge in [0.05, 0.1) is 19.8 Å². The number of rotatable bonds is 6. The van der Waals surface area contributed by atoms with Crippen LogP contribution in [0.4, 0.5) is 0 Å². The first-order chi connectivity index (χ1) is 10.3. The molecule has 120 valence electrons. The quantitative estimate of drug-likeness (QED) is 0.734. The molecule has 0 aliphatic carbocycles. The largest absolute Gasteiger partial charge is 0.379 e. The van der Waals surface area contributed by atoms with Gasteiger partial charge in [-0.3, -0.25) is 14.6 Å². The molecular formula is C16H29N3O2. The molecule has 0 unspecified atom stereocenters. The van der Waals surface area contributed by atoms with Gasteiger partial charge in [0.15, 0.2) is 0 Å². The van der Waals surface area contributed by atoms with Gasteiger partial charge in [-0.05, 0) is 38.8 Å². The van der Waals surface area contributed by atoms with Gasteiger partial charge in [-0.15, -0.1) is 0 Å². The molecule has 0 bridgehead atoms. The Morgan fingerprint density at radius 2 is 1.90 bits per heavy atom. The molecule has 2 heterocycles. The lowest BCUT2D eigenvalue weighted by atomic mass is 9.97. The Morgan fingerprint density at radius 3 is 2.57 bits per heavy atom. The van der Waals surface area contributed by atoms with E-state index in [1.165, 1.54) is 12.8 Å². The van der Waals surface area contributed by atoms with E-state index in [4.69, 9.17) is 4.74 Å². The van der Waals surface area contributed by atoms with Crippen molar-refractivity contribution in [2.45, 2.75) is 19.8 Å². The van der Waals surface area contributed by atoms with Crippen LogP contribution in [0.25, 0.3) is 0 Å². The van der Waals surface area contributed by atoms with Gasteiger partial charge in [0, 0.05) is 26.2 Å². The SMILES string of the molecule is C/C=C/CN1CCC(CNC(=O)CN2CCOCC2)CC1. The zero-order valence-corrected chi connectivity index (χ0v) is 13.2. The molecule has 2 fully saturated rings. The second-order valence-electron chi connectivity index (χ2n) is 6.01. The Kier molecular flexibility index (Phi) is 7.19. The van der Waals surface area contributed by atoms with Crippen LogP contribution >= 0.6 is 0 Å². The number of allylic oxidation sites excluding steroid dienone is 1. The Hall–Kier alpha value is -0.910. The second kappa shape index (κ2) is 9.18. The lowest BCUT2D eigenvalue weighted by Crippen LogP contribution is -2.45. The van der Waals surface area contributed by atoms with Crippen molar-refractivity contribution in [1.29, 1.82) is 0 Å². The van der Waals surface area contributed by atoms with Crippen molar-refractivity contribution < 1.29 is 9.53 Å². The summed E-state index contributed by atoms with van der Waals surface area (Å²) in [5.74, 6) is 0.800. The monoisotopic (exact) mass is 295 g/mol. The van der Waals surface area contributed by atoms with Crippen molar-refractivity contribution in [3.8, 4) is 0 Å². The van der Waals surface area contributed by atoms with Gasteiger partial charge in [-0.25, -0.2) is 0 Å². The summed E-state index contributed by atoms with van der Waals surface area (Å²) in [5, 5.41) is 3.10. The molecule has 2 rings (SSSR count). The maximum Gasteiger partial charge on any atom is 0.234 e. The molecule has 0 aromatic carbocycles. The van der Waals surface area contributed by atoms with Gasteiger partial charge in [0.1, 0.15) is 0 Å². The average molecular weight is 295 g/mol. The van der Waals surface area contributed by atoms with Gasteiger partial charge in [-0.2, -0.15) is 0 Å². The van der Waals surface area contributed by atoms with Gasteiger partial charge in [0.2, 0.25) is 5.91 Å². The molecule has 5 heteroatoms. The third-order valence-corrected chi connectivity index (χ3v) is 4.37. The zero-order chi connectivity index (χ0) is 14.9. The molecule has 2 aliphatic heterocycles. The summed E-state index contributed by atoms with van der Waals surface area (Å²) in [7, 11) is 0. The highest BCUT2D eigenvalue weighted by Crippen LogP contribution is 2.16. The molecule has 1 amide bonds. The number of morpholine rings is 1. The third-order valence-electron chi connectivity index (χ3n) is 4.37. The molecule has 0 radical (unpaired) electrons. The van der Waals surface area contributed by atoms with Crippen LogP contribution in [0.1, 0.15) is 19.8 Å². The van der Waals surface area contributed by atoms with Crippen molar-refractivity contribution in [2.24, 2.45) is 5.92 Å². The van der Waals surface area contributed by atoms with E-state index in [2.05, 4.69) is 34.2 Å². The van der Waals surface area contributed by atoms with Gasteiger partial charge >= 0.3 is 0 Å². The standard InChI is InChI=1S/C16H29N3O2/c1-2-3-6-18-7-4-15(5-8-18)13-17-16(20)14-19-9-11-21-12-10-19/h2-3,15H,4-14H2,1H3,(H,17,20)/b3-2+. The molecule has 21 heavy (non-hydrogen) atoms. The van der Waals surface area contributed by atoms with Crippen LogP contribution in [0.15, 0.2) is 12.2 Å². The van der Waals surface area contributed by atoms with Crippen LogP contribution in [0.3, 0.4) is 0 Å². The van der Waals surface area contributed by atoms with Crippen molar-refractivity contribution in [1.82, 2.24) is 15.1 Å². The molecule has 5 nitrogen and oxygen atoms in total. The maximum atomic E-state index is 11.9. The van der Waals surface area contributed by atoms with Crippen molar-refractivity contribution in [3.05, 3.63) is 12.2 Å². The van der Waals surface area contributed by atoms with Crippen LogP contribution in [0.5, 0.6) is 0 Å². The number of ether oxygens (including phenoxy) is 1. The number of hydrogen-bond acceptors (Lipinski definition) is 4. The third kappa shape index (κ3) is 6.16. The Balaban J connectivity index is 1.57. The fourth-order valence-corrected chi connectivity index (χ4v) is 2.90. The van der Waals surface area contributed by atoms with E-state index in [0.29, 0.717) is 12.5 Å². The number of carbonyl (C=O) groups is 1. The first-order valence-electron chi connectivity index (χ1n) is 8.18. The van der Waals surface area contributed by atoms with E-state index >= 15 is 0 Å². The summed E-state index contributed by atoms with van der Waals surface area (Å²) in [5.41, 5.74) is 0. The van der Waals surface area contributed by atoms with E-state index in [1.54, 1.807) is 0 Å². The Morgan fingerprint density at radius 1 is 1.19 bits per heavy atom. The Labute approximate surface area is 128 Å². The molecule has 0 saturated carbocycles. The molecule has 0 aromatic heterocycles. The smallest absolute Gasteiger partial charge is 0.234 e. The van der Waals surface area contributed by atoms with Crippen LogP contribution in [0, 0.1) is 5.92 Å². The number of piperidine rings is 1. The summed E-state index contributed by atoms with van der Waals surface area (Å²) in [6, 6.07) is 0. The first kappa shape index (κ1) is 16.5. The van der Waals surface area contributed by atoms with Gasteiger partial charge < -0.3 is 10.1 Å². The lowest BCUT2D eigenvalue weighted by Gasteiger charge is -2.31. The highest BCUT2D eigenvalue weighted by atomic mass is 16.5. The Bertz CT molecular complexity index is 332. The van der Waals surface area contributed by atoms with Crippen LogP contribution in [-0.4, -0.2) is 74.7 Å². The average Bonchev–Trinajstić information content (AvgIpc) is 2.53. The maximum absolute atomic E-state index is 11.9. The topological polar surface area (TPSA) is 44.8 Å². The first-order valence-corrected chi connectivity index (χ1v) is 8.18. The minimum Gasteiger partial charge on any atom is -0.379 e. The predicted molar refractivity (Wildman–Crippen MR) is 84.2 cm³/mol. The summed E-state index contributed by atoms with van der Waals surface area (Å²) in [6.07, 6.45) is 6.70. The molecule has 2 saturated heterocycles. The van der Waals surface area contributed by atoms with Crippen molar-refractivity contribution >= 4 is 5.91 Å². The highest BCUT2D eigenvalue weighted by molar-refractivity contribution is 5.78. The summed E-state index contributed by atoms with van der Waals surface area (Å²) >= 11 is 0. The normalized spacial score (nSPS) is 22.7.